The number of aromatic nitrogens is 4. The number of anilines is 2. The number of methoxy groups -OCH3 is 1. The van der Waals surface area contributed by atoms with Crippen molar-refractivity contribution in [2.45, 2.75) is 12.8 Å². The molecule has 2 N–H and O–H groups in total. The van der Waals surface area contributed by atoms with E-state index in [0.29, 0.717) is 34.4 Å². The Bertz CT molecular complexity index is 1390. The molecule has 1 aromatic carbocycles. The Hall–Kier alpha value is -4.27. The van der Waals surface area contributed by atoms with Crippen LogP contribution in [-0.2, 0) is 4.79 Å². The van der Waals surface area contributed by atoms with Crippen LogP contribution >= 0.6 is 0 Å². The minimum atomic E-state index is -0.235. The highest BCUT2D eigenvalue weighted by atomic mass is 16.5. The molecule has 4 aromatic rings. The lowest BCUT2D eigenvalue weighted by molar-refractivity contribution is -0.133. The third-order valence-corrected chi connectivity index (χ3v) is 5.81. The lowest BCUT2D eigenvalue weighted by Gasteiger charge is -2.39. The normalized spacial score (nSPS) is 13.6. The molecule has 33 heavy (non-hydrogen) atoms. The molecule has 0 unspecified atom stereocenters. The van der Waals surface area contributed by atoms with E-state index in [1.165, 1.54) is 18.9 Å². The Labute approximate surface area is 189 Å². The van der Waals surface area contributed by atoms with E-state index >= 15 is 0 Å². The molecule has 9 nitrogen and oxygen atoms in total. The van der Waals surface area contributed by atoms with Crippen LogP contribution in [0.5, 0.6) is 5.88 Å². The predicted molar refractivity (Wildman–Crippen MR) is 125 cm³/mol. The Kier molecular flexibility index (Phi) is 5.21. The van der Waals surface area contributed by atoms with Gasteiger partial charge in [0.05, 0.1) is 30.6 Å². The molecule has 1 saturated heterocycles. The Morgan fingerprint density at radius 2 is 1.91 bits per heavy atom. The average molecular weight is 442 g/mol. The van der Waals surface area contributed by atoms with Gasteiger partial charge in [0.1, 0.15) is 11.5 Å². The molecular weight excluding hydrogens is 420 g/mol. The number of H-pyrrole nitrogens is 1. The summed E-state index contributed by atoms with van der Waals surface area (Å²) in [4.78, 5) is 41.8. The van der Waals surface area contributed by atoms with Gasteiger partial charge in [0.2, 0.25) is 11.8 Å². The summed E-state index contributed by atoms with van der Waals surface area (Å²) < 4.78 is 5.18. The number of pyridine rings is 2. The number of amides is 1. The van der Waals surface area contributed by atoms with Gasteiger partial charge < -0.3 is 19.9 Å². The standard InChI is InChI=1S/C24H22N6O3/c1-14(31)30-12-17(13-30)15-3-5-18(6-4-15)27-23-22-16(7-8-26-24(22)32)9-19(29-23)20-10-25-11-21(28-20)33-2/h3-11,17H,12-13H2,1-2H3,(H,26,32)(H,27,29). The SMILES string of the molecule is COc1cncc(-c2cc3cc[nH]c(=O)c3c(Nc3ccc(C4CN(C(C)=O)C4)cc3)n2)n1. The summed E-state index contributed by atoms with van der Waals surface area (Å²) in [5, 5.41) is 4.46. The molecular formula is C24H22N6O3. The minimum absolute atomic E-state index is 0.105. The smallest absolute Gasteiger partial charge is 0.259 e. The average Bonchev–Trinajstić information content (AvgIpc) is 2.79. The first-order chi connectivity index (χ1) is 16.0. The first-order valence-electron chi connectivity index (χ1n) is 10.5. The largest absolute Gasteiger partial charge is 0.480 e. The van der Waals surface area contributed by atoms with E-state index in [9.17, 15) is 9.59 Å². The molecule has 1 fully saturated rings. The van der Waals surface area contributed by atoms with Crippen molar-refractivity contribution in [1.82, 2.24) is 24.8 Å². The summed E-state index contributed by atoms with van der Waals surface area (Å²) >= 11 is 0. The molecule has 0 atom stereocenters. The third-order valence-electron chi connectivity index (χ3n) is 5.81. The zero-order chi connectivity index (χ0) is 22.9. The number of fused-ring (bicyclic) bond motifs is 1. The maximum atomic E-state index is 12.6. The fourth-order valence-corrected chi connectivity index (χ4v) is 3.93. The fraction of sp³-hybridized carbons (Fsp3) is 0.208. The second-order valence-electron chi connectivity index (χ2n) is 7.94. The van der Waals surface area contributed by atoms with Crippen LogP contribution in [0.25, 0.3) is 22.2 Å². The first-order valence-corrected chi connectivity index (χ1v) is 10.5. The van der Waals surface area contributed by atoms with Crippen molar-refractivity contribution in [3.8, 4) is 17.3 Å². The highest BCUT2D eigenvalue weighted by Crippen LogP contribution is 2.30. The summed E-state index contributed by atoms with van der Waals surface area (Å²) in [6.45, 7) is 3.08. The quantitative estimate of drug-likeness (QED) is 0.488. The number of benzene rings is 1. The summed E-state index contributed by atoms with van der Waals surface area (Å²) in [6, 6.07) is 11.6. The molecule has 1 aliphatic heterocycles. The number of carbonyl (C=O) groups is 1. The molecule has 4 heterocycles. The Morgan fingerprint density at radius 3 is 2.64 bits per heavy atom. The number of rotatable bonds is 5. The fourth-order valence-electron chi connectivity index (χ4n) is 3.93. The second-order valence-corrected chi connectivity index (χ2v) is 7.94. The maximum absolute atomic E-state index is 12.6. The van der Waals surface area contributed by atoms with Crippen LogP contribution in [0.15, 0.2) is 59.8 Å². The third kappa shape index (κ3) is 4.00. The maximum Gasteiger partial charge on any atom is 0.259 e. The summed E-state index contributed by atoms with van der Waals surface area (Å²) in [5.41, 5.74) is 2.84. The lowest BCUT2D eigenvalue weighted by Crippen LogP contribution is -2.47. The van der Waals surface area contributed by atoms with E-state index in [-0.39, 0.29) is 11.5 Å². The summed E-state index contributed by atoms with van der Waals surface area (Å²) in [7, 11) is 1.53. The van der Waals surface area contributed by atoms with Crippen molar-refractivity contribution in [3.63, 3.8) is 0 Å². The van der Waals surface area contributed by atoms with E-state index in [0.717, 1.165) is 24.2 Å². The van der Waals surface area contributed by atoms with Gasteiger partial charge in [0.25, 0.3) is 5.56 Å². The van der Waals surface area contributed by atoms with Crippen LogP contribution < -0.4 is 15.6 Å². The van der Waals surface area contributed by atoms with E-state index < -0.39 is 0 Å². The van der Waals surface area contributed by atoms with Gasteiger partial charge in [-0.15, -0.1) is 0 Å². The van der Waals surface area contributed by atoms with E-state index in [2.05, 4.69) is 25.3 Å². The number of likely N-dealkylation sites (tertiary alicyclic amines) is 1. The number of carbonyl (C=O) groups excluding carboxylic acids is 1. The van der Waals surface area contributed by atoms with Crippen LogP contribution in [0.1, 0.15) is 18.4 Å². The van der Waals surface area contributed by atoms with Gasteiger partial charge in [0.15, 0.2) is 0 Å². The monoisotopic (exact) mass is 442 g/mol. The van der Waals surface area contributed by atoms with Gasteiger partial charge >= 0.3 is 0 Å². The summed E-state index contributed by atoms with van der Waals surface area (Å²) in [6.07, 6.45) is 4.73. The number of aromatic amines is 1. The highest BCUT2D eigenvalue weighted by Gasteiger charge is 2.29. The molecule has 0 bridgehead atoms. The zero-order valence-corrected chi connectivity index (χ0v) is 18.2. The number of nitrogens with zero attached hydrogens (tertiary/aromatic N) is 4. The van der Waals surface area contributed by atoms with Crippen LogP contribution in [0, 0.1) is 0 Å². The second kappa shape index (κ2) is 8.34. The van der Waals surface area contributed by atoms with Gasteiger partial charge in [-0.3, -0.25) is 14.6 Å². The number of ether oxygens (including phenoxy) is 1. The van der Waals surface area contributed by atoms with Gasteiger partial charge in [0, 0.05) is 37.8 Å². The molecule has 0 spiro atoms. The molecule has 5 rings (SSSR count). The molecule has 166 valence electrons. The van der Waals surface area contributed by atoms with Crippen LogP contribution in [0.4, 0.5) is 11.5 Å². The van der Waals surface area contributed by atoms with Crippen LogP contribution in [0.2, 0.25) is 0 Å². The molecule has 0 saturated carbocycles. The minimum Gasteiger partial charge on any atom is -0.480 e. The van der Waals surface area contributed by atoms with Crippen molar-refractivity contribution >= 4 is 28.2 Å². The molecule has 0 radical (unpaired) electrons. The van der Waals surface area contributed by atoms with E-state index in [1.807, 2.05) is 35.2 Å². The topological polar surface area (TPSA) is 113 Å². The number of hydrogen-bond donors (Lipinski definition) is 2. The van der Waals surface area contributed by atoms with Gasteiger partial charge in [-0.1, -0.05) is 12.1 Å². The zero-order valence-electron chi connectivity index (χ0n) is 18.2. The number of nitrogens with one attached hydrogen (secondary N) is 2. The molecule has 0 aliphatic carbocycles. The van der Waals surface area contributed by atoms with Crippen LogP contribution in [0.3, 0.4) is 0 Å². The van der Waals surface area contributed by atoms with Gasteiger partial charge in [-0.2, -0.15) is 0 Å². The Morgan fingerprint density at radius 1 is 1.12 bits per heavy atom. The van der Waals surface area contributed by atoms with Crippen molar-refractivity contribution in [2.24, 2.45) is 0 Å². The van der Waals surface area contributed by atoms with Gasteiger partial charge in [-0.25, -0.2) is 9.97 Å². The van der Waals surface area contributed by atoms with Crippen LogP contribution in [-0.4, -0.2) is 50.9 Å². The molecule has 1 amide bonds. The van der Waals surface area contributed by atoms with Crippen molar-refractivity contribution < 1.29 is 9.53 Å². The lowest BCUT2D eigenvalue weighted by atomic mass is 9.91. The highest BCUT2D eigenvalue weighted by molar-refractivity contribution is 5.94. The van der Waals surface area contributed by atoms with E-state index in [1.54, 1.807) is 25.4 Å². The first kappa shape index (κ1) is 20.6. The number of hydrogen-bond acceptors (Lipinski definition) is 7. The van der Waals surface area contributed by atoms with E-state index in [4.69, 9.17) is 4.74 Å². The Balaban J connectivity index is 1.48. The molecule has 3 aromatic heterocycles. The van der Waals surface area contributed by atoms with Crippen molar-refractivity contribution in [3.05, 3.63) is 70.9 Å². The van der Waals surface area contributed by atoms with Gasteiger partial charge in [-0.05, 0) is 35.2 Å². The van der Waals surface area contributed by atoms with Crippen molar-refractivity contribution in [2.75, 3.05) is 25.5 Å². The predicted octanol–water partition coefficient (Wildman–Crippen LogP) is 3.08. The van der Waals surface area contributed by atoms with Crippen molar-refractivity contribution in [1.29, 1.82) is 0 Å². The molecule has 1 aliphatic rings. The summed E-state index contributed by atoms with van der Waals surface area (Å²) in [5.74, 6) is 1.26. The molecule has 9 heteroatoms.